The number of rotatable bonds is 9. The number of nitrogens with one attached hydrogen (secondary N) is 2. The van der Waals surface area contributed by atoms with Gasteiger partial charge < -0.3 is 15.5 Å². The largest absolute Gasteiger partial charge is 0.416 e. The van der Waals surface area contributed by atoms with Gasteiger partial charge in [-0.25, -0.2) is 0 Å². The van der Waals surface area contributed by atoms with E-state index in [-0.39, 0.29) is 11.9 Å². The summed E-state index contributed by atoms with van der Waals surface area (Å²) < 4.78 is 37.9. The number of likely N-dealkylation sites (tertiary alicyclic amines) is 1. The second kappa shape index (κ2) is 11.1. The van der Waals surface area contributed by atoms with E-state index in [2.05, 4.69) is 22.5 Å². The number of guanidine groups is 1. The summed E-state index contributed by atoms with van der Waals surface area (Å²) in [6.45, 7) is 6.80. The minimum atomic E-state index is -4.31. The maximum Gasteiger partial charge on any atom is 0.416 e. The molecule has 1 aromatic carbocycles. The highest BCUT2D eigenvalue weighted by Crippen LogP contribution is 2.29. The lowest BCUT2D eigenvalue weighted by molar-refractivity contribution is -0.137. The summed E-state index contributed by atoms with van der Waals surface area (Å²) in [6.07, 6.45) is -0.391. The van der Waals surface area contributed by atoms with Gasteiger partial charge in [-0.2, -0.15) is 13.2 Å². The number of alkyl halides is 3. The van der Waals surface area contributed by atoms with Crippen LogP contribution >= 0.6 is 0 Å². The highest BCUT2D eigenvalue weighted by molar-refractivity contribution is 5.80. The van der Waals surface area contributed by atoms with E-state index in [0.717, 1.165) is 43.5 Å². The molecule has 29 heavy (non-hydrogen) atoms. The highest BCUT2D eigenvalue weighted by Gasteiger charge is 2.30. The Morgan fingerprint density at radius 3 is 2.48 bits per heavy atom. The maximum atomic E-state index is 12.6. The van der Waals surface area contributed by atoms with Crippen molar-refractivity contribution in [1.82, 2.24) is 15.5 Å². The van der Waals surface area contributed by atoms with Crippen molar-refractivity contribution in [2.75, 3.05) is 26.2 Å². The first-order valence-electron chi connectivity index (χ1n) is 10.3. The second-order valence-electron chi connectivity index (χ2n) is 7.17. The topological polar surface area (TPSA) is 56.7 Å². The van der Waals surface area contributed by atoms with Crippen LogP contribution in [0.1, 0.15) is 50.7 Å². The maximum absolute atomic E-state index is 12.6. The van der Waals surface area contributed by atoms with Gasteiger partial charge in [-0.1, -0.05) is 19.1 Å². The molecule has 1 aliphatic heterocycles. The summed E-state index contributed by atoms with van der Waals surface area (Å²) >= 11 is 0. The predicted octanol–water partition coefficient (Wildman–Crippen LogP) is 3.59. The smallest absolute Gasteiger partial charge is 0.357 e. The number of hydrogen-bond acceptors (Lipinski definition) is 2. The van der Waals surface area contributed by atoms with Crippen LogP contribution in [-0.4, -0.2) is 49.0 Å². The fraction of sp³-hybridized carbons (Fsp3) is 0.619. The van der Waals surface area contributed by atoms with Gasteiger partial charge in [0.05, 0.1) is 5.56 Å². The van der Waals surface area contributed by atoms with Crippen molar-refractivity contribution in [2.24, 2.45) is 4.99 Å². The molecule has 162 valence electrons. The molecule has 8 heteroatoms. The van der Waals surface area contributed by atoms with Gasteiger partial charge in [-0.3, -0.25) is 9.79 Å². The molecule has 0 radical (unpaired) electrons. The van der Waals surface area contributed by atoms with E-state index < -0.39 is 11.7 Å². The van der Waals surface area contributed by atoms with E-state index in [1.54, 1.807) is 0 Å². The van der Waals surface area contributed by atoms with Crippen molar-refractivity contribution in [2.45, 2.75) is 58.2 Å². The first kappa shape index (κ1) is 23.0. The molecule has 1 heterocycles. The van der Waals surface area contributed by atoms with Gasteiger partial charge >= 0.3 is 6.18 Å². The number of benzene rings is 1. The van der Waals surface area contributed by atoms with E-state index in [4.69, 9.17) is 0 Å². The number of nitrogens with zero attached hydrogens (tertiary/aromatic N) is 2. The molecule has 1 aromatic rings. The molecule has 1 fully saturated rings. The average Bonchev–Trinajstić information content (AvgIpc) is 3.10. The quantitative estimate of drug-likeness (QED) is 0.481. The van der Waals surface area contributed by atoms with Crippen molar-refractivity contribution in [3.63, 3.8) is 0 Å². The number of amides is 1. The third-order valence-electron chi connectivity index (χ3n) is 5.09. The Bertz CT molecular complexity index is 673. The normalized spacial score (nSPS) is 16.2. The van der Waals surface area contributed by atoms with Gasteiger partial charge in [0.25, 0.3) is 0 Å². The monoisotopic (exact) mass is 412 g/mol. The van der Waals surface area contributed by atoms with E-state index in [0.29, 0.717) is 38.4 Å². The molecule has 0 bridgehead atoms. The zero-order valence-electron chi connectivity index (χ0n) is 17.2. The molecule has 0 spiro atoms. The number of aliphatic imine (C=N–C) groups is 1. The fourth-order valence-corrected chi connectivity index (χ4v) is 3.49. The van der Waals surface area contributed by atoms with Gasteiger partial charge in [0.1, 0.15) is 0 Å². The van der Waals surface area contributed by atoms with Crippen LogP contribution in [0.5, 0.6) is 0 Å². The molecule has 1 aliphatic rings. The second-order valence-corrected chi connectivity index (χ2v) is 7.17. The summed E-state index contributed by atoms with van der Waals surface area (Å²) in [4.78, 5) is 18.5. The Morgan fingerprint density at radius 2 is 1.93 bits per heavy atom. The molecule has 2 rings (SSSR count). The van der Waals surface area contributed by atoms with Crippen LogP contribution in [0.2, 0.25) is 0 Å². The minimum Gasteiger partial charge on any atom is -0.357 e. The summed E-state index contributed by atoms with van der Waals surface area (Å²) in [5.74, 6) is 0.921. The van der Waals surface area contributed by atoms with Gasteiger partial charge in [0, 0.05) is 38.6 Å². The van der Waals surface area contributed by atoms with Crippen LogP contribution in [0, 0.1) is 0 Å². The van der Waals surface area contributed by atoms with Crippen LogP contribution in [0.15, 0.2) is 29.3 Å². The van der Waals surface area contributed by atoms with E-state index in [1.807, 2.05) is 11.8 Å². The SMILES string of the molecule is CCNC(=NCCC(CC)N1CCCC1=O)NCCc1ccc(C(F)(F)F)cc1. The molecule has 0 aromatic heterocycles. The highest BCUT2D eigenvalue weighted by atomic mass is 19.4. The first-order chi connectivity index (χ1) is 13.8. The van der Waals surface area contributed by atoms with Gasteiger partial charge in [-0.05, 0) is 50.3 Å². The molecular formula is C21H31F3N4O. The van der Waals surface area contributed by atoms with Gasteiger partial charge in [-0.15, -0.1) is 0 Å². The third kappa shape index (κ3) is 7.25. The summed E-state index contributed by atoms with van der Waals surface area (Å²) in [7, 11) is 0. The lowest BCUT2D eigenvalue weighted by Gasteiger charge is -2.26. The zero-order valence-corrected chi connectivity index (χ0v) is 17.2. The molecule has 5 nitrogen and oxygen atoms in total. The van der Waals surface area contributed by atoms with Crippen molar-refractivity contribution >= 4 is 11.9 Å². The van der Waals surface area contributed by atoms with Crippen molar-refractivity contribution in [3.05, 3.63) is 35.4 Å². The molecule has 2 N–H and O–H groups in total. The zero-order chi connectivity index (χ0) is 21.3. The van der Waals surface area contributed by atoms with Gasteiger partial charge in [0.2, 0.25) is 5.91 Å². The Hall–Kier alpha value is -2.25. The molecular weight excluding hydrogens is 381 g/mol. The van der Waals surface area contributed by atoms with Crippen molar-refractivity contribution < 1.29 is 18.0 Å². The molecule has 1 unspecified atom stereocenters. The number of hydrogen-bond donors (Lipinski definition) is 2. The van der Waals surface area contributed by atoms with E-state index in [1.165, 1.54) is 12.1 Å². The van der Waals surface area contributed by atoms with Crippen LogP contribution in [-0.2, 0) is 17.4 Å². The van der Waals surface area contributed by atoms with Gasteiger partial charge in [0.15, 0.2) is 5.96 Å². The molecule has 1 atom stereocenters. The number of carbonyl (C=O) groups is 1. The van der Waals surface area contributed by atoms with E-state index >= 15 is 0 Å². The Labute approximate surface area is 170 Å². The summed E-state index contributed by atoms with van der Waals surface area (Å²) in [5.41, 5.74) is 0.200. The Kier molecular flexibility index (Phi) is 8.79. The van der Waals surface area contributed by atoms with Crippen molar-refractivity contribution in [1.29, 1.82) is 0 Å². The third-order valence-corrected chi connectivity index (χ3v) is 5.09. The lowest BCUT2D eigenvalue weighted by atomic mass is 10.1. The summed E-state index contributed by atoms with van der Waals surface area (Å²) in [5, 5.41) is 6.40. The minimum absolute atomic E-state index is 0.226. The Morgan fingerprint density at radius 1 is 1.21 bits per heavy atom. The van der Waals surface area contributed by atoms with Crippen LogP contribution < -0.4 is 10.6 Å². The molecule has 0 aliphatic carbocycles. The van der Waals surface area contributed by atoms with Crippen LogP contribution in [0.3, 0.4) is 0 Å². The van der Waals surface area contributed by atoms with Crippen LogP contribution in [0.4, 0.5) is 13.2 Å². The molecule has 1 saturated heterocycles. The number of halogens is 3. The Balaban J connectivity index is 1.81. The predicted molar refractivity (Wildman–Crippen MR) is 109 cm³/mol. The fourth-order valence-electron chi connectivity index (χ4n) is 3.49. The number of carbonyl (C=O) groups excluding carboxylic acids is 1. The average molecular weight is 413 g/mol. The molecule has 0 saturated carbocycles. The van der Waals surface area contributed by atoms with Crippen molar-refractivity contribution in [3.8, 4) is 0 Å². The molecule has 1 amide bonds. The lowest BCUT2D eigenvalue weighted by Crippen LogP contribution is -2.39. The van der Waals surface area contributed by atoms with E-state index in [9.17, 15) is 18.0 Å². The first-order valence-corrected chi connectivity index (χ1v) is 10.3. The standard InChI is InChI=1S/C21H31F3N4O/c1-3-18(28-15-5-6-19(28)29)12-14-27-20(25-4-2)26-13-11-16-7-9-17(10-8-16)21(22,23)24/h7-10,18H,3-6,11-15H2,1-2H3,(H2,25,26,27). The summed E-state index contributed by atoms with van der Waals surface area (Å²) in [6, 6.07) is 5.46. The van der Waals surface area contributed by atoms with Crippen LogP contribution in [0.25, 0.3) is 0 Å².